The smallest absolute Gasteiger partial charge is 0.274 e. The minimum Gasteiger partial charge on any atom is -0.274 e. The van der Waals surface area contributed by atoms with E-state index in [-0.39, 0.29) is 0 Å². The maximum atomic E-state index is 12.8. The number of rotatable bonds is 1. The molecule has 3 rings (SSSR count). The summed E-state index contributed by atoms with van der Waals surface area (Å²) in [4.78, 5) is 13.4. The van der Waals surface area contributed by atoms with Gasteiger partial charge in [-0.25, -0.2) is 0 Å². The molecule has 1 aromatic carbocycles. The lowest BCUT2D eigenvalue weighted by molar-refractivity contribution is -0.141. The molecule has 8 heteroatoms. The van der Waals surface area contributed by atoms with Crippen molar-refractivity contribution in [3.8, 4) is 0 Å². The van der Waals surface area contributed by atoms with E-state index in [0.29, 0.717) is 16.4 Å². The van der Waals surface area contributed by atoms with Crippen molar-refractivity contribution in [2.45, 2.75) is 6.18 Å². The van der Waals surface area contributed by atoms with Gasteiger partial charge in [-0.1, -0.05) is 17.7 Å². The van der Waals surface area contributed by atoms with Crippen molar-refractivity contribution in [1.29, 1.82) is 0 Å². The predicted molar refractivity (Wildman–Crippen MR) is 66.1 cm³/mol. The zero-order chi connectivity index (χ0) is 14.7. The van der Waals surface area contributed by atoms with Crippen LogP contribution < -0.4 is 4.90 Å². The number of anilines is 2. The van der Waals surface area contributed by atoms with Gasteiger partial charge in [-0.3, -0.25) is 14.4 Å². The maximum Gasteiger partial charge on any atom is 0.435 e. The Morgan fingerprint density at radius 1 is 1.35 bits per heavy atom. The summed E-state index contributed by atoms with van der Waals surface area (Å²) < 4.78 is 39.5. The van der Waals surface area contributed by atoms with Crippen LogP contribution in [0.4, 0.5) is 24.5 Å². The van der Waals surface area contributed by atoms with Crippen molar-refractivity contribution < 1.29 is 18.0 Å². The van der Waals surface area contributed by atoms with E-state index in [9.17, 15) is 18.0 Å². The average molecular weight is 302 g/mol. The van der Waals surface area contributed by atoms with Crippen LogP contribution in [0.25, 0.3) is 0 Å². The van der Waals surface area contributed by atoms with Gasteiger partial charge in [0.25, 0.3) is 5.91 Å². The second-order valence-electron chi connectivity index (χ2n) is 4.31. The Balaban J connectivity index is 2.00. The van der Waals surface area contributed by atoms with Crippen LogP contribution >= 0.6 is 11.6 Å². The van der Waals surface area contributed by atoms with Gasteiger partial charge in [0.15, 0.2) is 5.69 Å². The number of halogens is 4. The Morgan fingerprint density at radius 2 is 2.05 bits per heavy atom. The number of hydrogen-bond donors (Lipinski definition) is 0. The van der Waals surface area contributed by atoms with Crippen LogP contribution in [0.15, 0.2) is 24.4 Å². The minimum absolute atomic E-state index is 0.327. The van der Waals surface area contributed by atoms with Crippen LogP contribution in [0, 0.1) is 0 Å². The summed E-state index contributed by atoms with van der Waals surface area (Å²) in [5, 5.41) is 3.64. The summed E-state index contributed by atoms with van der Waals surface area (Å²) in [5.74, 6) is -0.784. The topological polar surface area (TPSA) is 37.9 Å². The highest BCUT2D eigenvalue weighted by Crippen LogP contribution is 2.53. The van der Waals surface area contributed by atoms with Gasteiger partial charge in [-0.2, -0.15) is 18.3 Å². The molecule has 104 valence electrons. The quantitative estimate of drug-likeness (QED) is 0.757. The summed E-state index contributed by atoms with van der Waals surface area (Å²) in [6.45, 7) is 0. The van der Waals surface area contributed by atoms with Crippen molar-refractivity contribution in [2.75, 3.05) is 4.90 Å². The van der Waals surface area contributed by atoms with E-state index >= 15 is 0 Å². The molecule has 0 bridgehead atoms. The van der Waals surface area contributed by atoms with E-state index in [1.165, 1.54) is 7.05 Å². The Kier molecular flexibility index (Phi) is 2.59. The molecule has 1 aromatic heterocycles. The number of carbonyl (C=O) groups is 1. The first-order valence-electron chi connectivity index (χ1n) is 5.54. The van der Waals surface area contributed by atoms with Gasteiger partial charge >= 0.3 is 6.18 Å². The zero-order valence-corrected chi connectivity index (χ0v) is 10.8. The lowest BCUT2D eigenvalue weighted by atomic mass is 10.2. The van der Waals surface area contributed by atoms with Crippen molar-refractivity contribution >= 4 is 28.9 Å². The molecule has 1 aliphatic heterocycles. The molecule has 2 aromatic rings. The highest BCUT2D eigenvalue weighted by Gasteiger charge is 2.44. The molecule has 20 heavy (non-hydrogen) atoms. The average Bonchev–Trinajstić information content (AvgIpc) is 2.95. The number of hydrogen-bond acceptors (Lipinski definition) is 2. The molecule has 0 radical (unpaired) electrons. The van der Waals surface area contributed by atoms with Gasteiger partial charge in [-0.05, 0) is 12.1 Å². The predicted octanol–water partition coefficient (Wildman–Crippen LogP) is 3.38. The van der Waals surface area contributed by atoms with Crippen molar-refractivity contribution in [3.63, 3.8) is 0 Å². The Labute approximate surface area is 116 Å². The summed E-state index contributed by atoms with van der Waals surface area (Å²) >= 11 is 5.88. The second-order valence-corrected chi connectivity index (χ2v) is 4.72. The summed E-state index contributed by atoms with van der Waals surface area (Å²) in [6.07, 6.45) is -3.63. The molecule has 2 heterocycles. The fourth-order valence-corrected chi connectivity index (χ4v) is 2.30. The number of amides is 1. The van der Waals surface area contributed by atoms with Crippen LogP contribution in [-0.2, 0) is 13.2 Å². The first kappa shape index (κ1) is 13.0. The maximum absolute atomic E-state index is 12.8. The monoisotopic (exact) mass is 301 g/mol. The number of aryl methyl sites for hydroxylation is 1. The molecule has 0 atom stereocenters. The molecular weight excluding hydrogens is 295 g/mol. The molecular formula is C12H7ClF3N3O. The van der Waals surface area contributed by atoms with Crippen LogP contribution in [0.3, 0.4) is 0 Å². The normalized spacial score (nSPS) is 13.3. The lowest BCUT2D eigenvalue weighted by Crippen LogP contribution is -2.18. The molecule has 0 spiro atoms. The van der Waals surface area contributed by atoms with E-state index in [1.54, 1.807) is 18.2 Å². The third-order valence-electron chi connectivity index (χ3n) is 2.91. The lowest BCUT2D eigenvalue weighted by Gasteiger charge is -2.05. The Bertz CT molecular complexity index is 723. The van der Waals surface area contributed by atoms with Gasteiger partial charge < -0.3 is 0 Å². The van der Waals surface area contributed by atoms with E-state index in [0.717, 1.165) is 15.8 Å². The van der Waals surface area contributed by atoms with Crippen molar-refractivity contribution in [1.82, 2.24) is 9.78 Å². The minimum atomic E-state index is -4.68. The van der Waals surface area contributed by atoms with Gasteiger partial charge in [0.05, 0.1) is 22.0 Å². The van der Waals surface area contributed by atoms with Crippen molar-refractivity contribution in [3.05, 3.63) is 40.7 Å². The van der Waals surface area contributed by atoms with Crippen LogP contribution in [0.2, 0.25) is 5.02 Å². The molecule has 1 amide bonds. The Hall–Kier alpha value is -2.02. The SMILES string of the molecule is Cn1cc(C(=O)N2c3cccc(Cl)c32)c(C(F)(F)F)n1. The second kappa shape index (κ2) is 3.99. The highest BCUT2D eigenvalue weighted by molar-refractivity contribution is 6.39. The van der Waals surface area contributed by atoms with Gasteiger partial charge in [0, 0.05) is 13.2 Å². The number of benzene rings is 1. The Morgan fingerprint density at radius 3 is 2.65 bits per heavy atom. The standard InChI is InChI=1S/C12H7ClF3N3O/c1-18-5-6(10(17-18)12(14,15)16)11(20)19-8-4-2-3-7(13)9(8)19/h2-5H,1H3. The molecule has 0 saturated carbocycles. The fourth-order valence-electron chi connectivity index (χ4n) is 2.05. The van der Waals surface area contributed by atoms with Gasteiger partial charge in [0.1, 0.15) is 0 Å². The number of alkyl halides is 3. The molecule has 0 aliphatic carbocycles. The van der Waals surface area contributed by atoms with Crippen LogP contribution in [-0.4, -0.2) is 15.7 Å². The van der Waals surface area contributed by atoms with E-state index < -0.39 is 23.3 Å². The molecule has 0 saturated heterocycles. The first-order valence-corrected chi connectivity index (χ1v) is 5.92. The molecule has 0 fully saturated rings. The van der Waals surface area contributed by atoms with E-state index in [4.69, 9.17) is 11.6 Å². The molecule has 0 N–H and O–H groups in total. The highest BCUT2D eigenvalue weighted by atomic mass is 35.5. The van der Waals surface area contributed by atoms with E-state index in [2.05, 4.69) is 5.10 Å². The zero-order valence-electron chi connectivity index (χ0n) is 10.1. The summed E-state index contributed by atoms with van der Waals surface area (Å²) in [7, 11) is 1.33. The summed E-state index contributed by atoms with van der Waals surface area (Å²) in [5.41, 5.74) is -0.734. The number of aromatic nitrogens is 2. The first-order chi connectivity index (χ1) is 9.30. The third kappa shape index (κ3) is 1.85. The third-order valence-corrected chi connectivity index (χ3v) is 3.22. The number of nitrogens with zero attached hydrogens (tertiary/aromatic N) is 3. The number of carbonyl (C=O) groups excluding carboxylic acids is 1. The number of fused-ring (bicyclic) bond motifs is 1. The fraction of sp³-hybridized carbons (Fsp3) is 0.167. The molecule has 1 aliphatic rings. The van der Waals surface area contributed by atoms with Gasteiger partial charge in [-0.15, -0.1) is 0 Å². The van der Waals surface area contributed by atoms with Crippen molar-refractivity contribution in [2.24, 2.45) is 7.05 Å². The van der Waals surface area contributed by atoms with Gasteiger partial charge in [0.2, 0.25) is 0 Å². The molecule has 0 unspecified atom stereocenters. The largest absolute Gasteiger partial charge is 0.435 e. The number of para-hydroxylation sites is 1. The summed E-state index contributed by atoms with van der Waals surface area (Å²) in [6, 6.07) is 4.81. The molecule has 4 nitrogen and oxygen atoms in total. The van der Waals surface area contributed by atoms with Crippen LogP contribution in [0.5, 0.6) is 0 Å². The van der Waals surface area contributed by atoms with E-state index in [1.807, 2.05) is 0 Å². The van der Waals surface area contributed by atoms with Crippen LogP contribution in [0.1, 0.15) is 16.1 Å².